The maximum atomic E-state index is 10.4. The molecule has 3 unspecified atom stereocenters. The van der Waals surface area contributed by atoms with Crippen LogP contribution >= 0.6 is 0 Å². The Balaban J connectivity index is 1.77. The number of rotatable bonds is 2. The van der Waals surface area contributed by atoms with E-state index in [-0.39, 0.29) is 6.10 Å². The maximum absolute atomic E-state index is 10.4. The van der Waals surface area contributed by atoms with Crippen molar-refractivity contribution in [2.24, 2.45) is 17.8 Å². The molecule has 86 valence electrons. The van der Waals surface area contributed by atoms with Crippen molar-refractivity contribution in [2.45, 2.75) is 39.2 Å². The lowest BCUT2D eigenvalue weighted by Gasteiger charge is -2.20. The highest BCUT2D eigenvalue weighted by Gasteiger charge is 2.47. The molecule has 0 heterocycles. The van der Waals surface area contributed by atoms with Gasteiger partial charge in [-0.25, -0.2) is 0 Å². The molecule has 2 fully saturated rings. The standard InChI is InChI=1S/C15H20O/c1-9-3-4-11(5-10(9)2)15(16)14-7-12-6-13(12)8-14/h3-5,12-16H,6-8H2,1-2H3. The van der Waals surface area contributed by atoms with E-state index in [4.69, 9.17) is 0 Å². The Morgan fingerprint density at radius 1 is 1.06 bits per heavy atom. The van der Waals surface area contributed by atoms with Gasteiger partial charge >= 0.3 is 0 Å². The largest absolute Gasteiger partial charge is 0.388 e. The minimum Gasteiger partial charge on any atom is -0.388 e. The average Bonchev–Trinajstić information content (AvgIpc) is 2.89. The molecule has 0 amide bonds. The number of aliphatic hydroxyl groups is 1. The highest BCUT2D eigenvalue weighted by molar-refractivity contribution is 5.31. The van der Waals surface area contributed by atoms with E-state index in [1.54, 1.807) is 0 Å². The zero-order valence-electron chi connectivity index (χ0n) is 10.1. The first-order valence-electron chi connectivity index (χ1n) is 6.40. The lowest BCUT2D eigenvalue weighted by Crippen LogP contribution is -2.11. The van der Waals surface area contributed by atoms with Crippen LogP contribution in [0.2, 0.25) is 0 Å². The molecule has 0 aromatic heterocycles. The monoisotopic (exact) mass is 216 g/mol. The Labute approximate surface area is 97.5 Å². The molecule has 0 saturated heterocycles. The van der Waals surface area contributed by atoms with Crippen LogP contribution < -0.4 is 0 Å². The summed E-state index contributed by atoms with van der Waals surface area (Å²) in [6.45, 7) is 4.24. The summed E-state index contributed by atoms with van der Waals surface area (Å²) in [6, 6.07) is 6.38. The van der Waals surface area contributed by atoms with E-state index in [1.807, 2.05) is 0 Å². The van der Waals surface area contributed by atoms with Crippen molar-refractivity contribution < 1.29 is 5.11 Å². The molecular weight excluding hydrogens is 196 g/mol. The Bertz CT molecular complexity index is 400. The van der Waals surface area contributed by atoms with E-state index in [0.717, 1.165) is 17.4 Å². The lowest BCUT2D eigenvalue weighted by molar-refractivity contribution is 0.104. The third-order valence-corrected chi connectivity index (χ3v) is 4.60. The van der Waals surface area contributed by atoms with E-state index < -0.39 is 0 Å². The van der Waals surface area contributed by atoms with Crippen LogP contribution in [0, 0.1) is 31.6 Å². The molecular formula is C15H20O. The Morgan fingerprint density at radius 3 is 2.38 bits per heavy atom. The number of aliphatic hydroxyl groups excluding tert-OH is 1. The van der Waals surface area contributed by atoms with Crippen molar-refractivity contribution in [3.63, 3.8) is 0 Å². The molecule has 2 aliphatic rings. The van der Waals surface area contributed by atoms with Gasteiger partial charge in [-0.15, -0.1) is 0 Å². The molecule has 0 spiro atoms. The van der Waals surface area contributed by atoms with Gasteiger partial charge in [0, 0.05) is 0 Å². The van der Waals surface area contributed by atoms with Crippen LogP contribution in [-0.2, 0) is 0 Å². The third kappa shape index (κ3) is 1.67. The fourth-order valence-corrected chi connectivity index (χ4v) is 3.24. The second-order valence-electron chi connectivity index (χ2n) is 5.78. The molecule has 1 N–H and O–H groups in total. The Kier molecular flexibility index (Phi) is 2.32. The fourth-order valence-electron chi connectivity index (χ4n) is 3.24. The van der Waals surface area contributed by atoms with Crippen LogP contribution in [0.1, 0.15) is 42.1 Å². The fraction of sp³-hybridized carbons (Fsp3) is 0.600. The molecule has 1 heteroatoms. The van der Waals surface area contributed by atoms with Gasteiger partial charge in [0.15, 0.2) is 0 Å². The summed E-state index contributed by atoms with van der Waals surface area (Å²) in [5, 5.41) is 10.4. The van der Waals surface area contributed by atoms with Gasteiger partial charge in [0.2, 0.25) is 0 Å². The molecule has 3 atom stereocenters. The average molecular weight is 216 g/mol. The van der Waals surface area contributed by atoms with Gasteiger partial charge in [0.05, 0.1) is 6.10 Å². The molecule has 0 bridgehead atoms. The van der Waals surface area contributed by atoms with E-state index in [2.05, 4.69) is 32.0 Å². The lowest BCUT2D eigenvalue weighted by atomic mass is 9.90. The maximum Gasteiger partial charge on any atom is 0.0818 e. The second kappa shape index (κ2) is 3.59. The van der Waals surface area contributed by atoms with Gasteiger partial charge in [0.1, 0.15) is 0 Å². The predicted molar refractivity (Wildman–Crippen MR) is 65.2 cm³/mol. The summed E-state index contributed by atoms with van der Waals surface area (Å²) < 4.78 is 0. The van der Waals surface area contributed by atoms with Crippen molar-refractivity contribution >= 4 is 0 Å². The SMILES string of the molecule is Cc1ccc(C(O)C2CC3CC3C2)cc1C. The number of fused-ring (bicyclic) bond motifs is 1. The predicted octanol–water partition coefficient (Wildman–Crippen LogP) is 3.38. The first kappa shape index (κ1) is 10.3. The summed E-state index contributed by atoms with van der Waals surface area (Å²) in [4.78, 5) is 0. The van der Waals surface area contributed by atoms with Crippen molar-refractivity contribution in [2.75, 3.05) is 0 Å². The normalized spacial score (nSPS) is 33.6. The number of hydrogen-bond donors (Lipinski definition) is 1. The minimum atomic E-state index is -0.230. The number of benzene rings is 1. The first-order chi connectivity index (χ1) is 7.65. The van der Waals surface area contributed by atoms with Gasteiger partial charge in [-0.3, -0.25) is 0 Å². The van der Waals surface area contributed by atoms with Crippen molar-refractivity contribution in [1.29, 1.82) is 0 Å². The van der Waals surface area contributed by atoms with Crippen LogP contribution in [-0.4, -0.2) is 5.11 Å². The zero-order chi connectivity index (χ0) is 11.3. The van der Waals surface area contributed by atoms with Crippen LogP contribution in [0.4, 0.5) is 0 Å². The van der Waals surface area contributed by atoms with Crippen LogP contribution in [0.3, 0.4) is 0 Å². The molecule has 1 aromatic rings. The van der Waals surface area contributed by atoms with Gasteiger partial charge in [-0.05, 0) is 67.6 Å². The van der Waals surface area contributed by atoms with Gasteiger partial charge in [0.25, 0.3) is 0 Å². The zero-order valence-corrected chi connectivity index (χ0v) is 10.1. The number of hydrogen-bond acceptors (Lipinski definition) is 1. The van der Waals surface area contributed by atoms with Gasteiger partial charge in [-0.1, -0.05) is 18.2 Å². The molecule has 2 aliphatic carbocycles. The van der Waals surface area contributed by atoms with Gasteiger partial charge < -0.3 is 5.11 Å². The molecule has 1 nitrogen and oxygen atoms in total. The highest BCUT2D eigenvalue weighted by Crippen LogP contribution is 2.57. The molecule has 2 saturated carbocycles. The number of aryl methyl sites for hydroxylation is 2. The van der Waals surface area contributed by atoms with Crippen LogP contribution in [0.25, 0.3) is 0 Å². The minimum absolute atomic E-state index is 0.230. The van der Waals surface area contributed by atoms with Crippen molar-refractivity contribution in [3.05, 3.63) is 34.9 Å². The second-order valence-corrected chi connectivity index (χ2v) is 5.78. The summed E-state index contributed by atoms with van der Waals surface area (Å²) >= 11 is 0. The van der Waals surface area contributed by atoms with E-state index in [9.17, 15) is 5.11 Å². The van der Waals surface area contributed by atoms with Crippen molar-refractivity contribution in [1.82, 2.24) is 0 Å². The Hall–Kier alpha value is -0.820. The smallest absolute Gasteiger partial charge is 0.0818 e. The van der Waals surface area contributed by atoms with E-state index >= 15 is 0 Å². The first-order valence-corrected chi connectivity index (χ1v) is 6.40. The summed E-state index contributed by atoms with van der Waals surface area (Å²) in [6.07, 6.45) is 3.69. The molecule has 16 heavy (non-hydrogen) atoms. The van der Waals surface area contributed by atoms with E-state index in [0.29, 0.717) is 5.92 Å². The molecule has 1 aromatic carbocycles. The molecule has 0 aliphatic heterocycles. The van der Waals surface area contributed by atoms with Crippen LogP contribution in [0.15, 0.2) is 18.2 Å². The van der Waals surface area contributed by atoms with Crippen molar-refractivity contribution in [3.8, 4) is 0 Å². The molecule has 3 rings (SSSR count). The topological polar surface area (TPSA) is 20.2 Å². The summed E-state index contributed by atoms with van der Waals surface area (Å²) in [7, 11) is 0. The summed E-state index contributed by atoms with van der Waals surface area (Å²) in [5.74, 6) is 2.42. The Morgan fingerprint density at radius 2 is 1.75 bits per heavy atom. The van der Waals surface area contributed by atoms with E-state index in [1.165, 1.54) is 30.4 Å². The third-order valence-electron chi connectivity index (χ3n) is 4.60. The molecule has 0 radical (unpaired) electrons. The highest BCUT2D eigenvalue weighted by atomic mass is 16.3. The quantitative estimate of drug-likeness (QED) is 0.803. The van der Waals surface area contributed by atoms with Gasteiger partial charge in [-0.2, -0.15) is 0 Å². The summed E-state index contributed by atoms with van der Waals surface area (Å²) in [5.41, 5.74) is 3.72. The van der Waals surface area contributed by atoms with Crippen LogP contribution in [0.5, 0.6) is 0 Å².